The van der Waals surface area contributed by atoms with Gasteiger partial charge in [-0.3, -0.25) is 4.79 Å². The van der Waals surface area contributed by atoms with Crippen LogP contribution in [0, 0.1) is 5.92 Å². The third-order valence-electron chi connectivity index (χ3n) is 4.64. The molecular weight excluding hydrogens is 264 g/mol. The Morgan fingerprint density at radius 1 is 1.38 bits per heavy atom. The second-order valence-corrected chi connectivity index (χ2v) is 6.11. The molecule has 1 amide bonds. The van der Waals surface area contributed by atoms with Gasteiger partial charge in [0.25, 0.3) is 5.91 Å². The molecule has 0 aliphatic carbocycles. The van der Waals surface area contributed by atoms with Crippen LogP contribution in [0.3, 0.4) is 0 Å². The van der Waals surface area contributed by atoms with Crippen molar-refractivity contribution in [3.05, 3.63) is 29.3 Å². The largest absolute Gasteiger partial charge is 0.385 e. The van der Waals surface area contributed by atoms with E-state index in [0.29, 0.717) is 5.92 Å². The van der Waals surface area contributed by atoms with E-state index in [0.717, 1.165) is 51.0 Å². The Hall–Kier alpha value is -1.55. The van der Waals surface area contributed by atoms with Crippen LogP contribution in [0.4, 0.5) is 5.69 Å². The van der Waals surface area contributed by atoms with Crippen molar-refractivity contribution < 1.29 is 9.53 Å². The summed E-state index contributed by atoms with van der Waals surface area (Å²) in [6.45, 7) is 4.76. The zero-order chi connectivity index (χ0) is 14.7. The third-order valence-corrected chi connectivity index (χ3v) is 4.64. The molecule has 3 rings (SSSR count). The topological polar surface area (TPSA) is 50.4 Å². The van der Waals surface area contributed by atoms with Gasteiger partial charge in [-0.25, -0.2) is 0 Å². The van der Waals surface area contributed by atoms with E-state index in [2.05, 4.69) is 17.6 Å². The van der Waals surface area contributed by atoms with Crippen LogP contribution < -0.4 is 10.6 Å². The smallest absolute Gasteiger partial charge is 0.251 e. The van der Waals surface area contributed by atoms with Crippen molar-refractivity contribution in [1.29, 1.82) is 0 Å². The highest BCUT2D eigenvalue weighted by molar-refractivity contribution is 5.95. The molecule has 2 aliphatic rings. The number of benzene rings is 1. The maximum atomic E-state index is 12.4. The van der Waals surface area contributed by atoms with Gasteiger partial charge in [0.15, 0.2) is 0 Å². The average Bonchev–Trinajstić information content (AvgIpc) is 2.55. The Balaban J connectivity index is 1.64. The zero-order valence-electron chi connectivity index (χ0n) is 12.7. The number of fused-ring (bicyclic) bond motifs is 1. The van der Waals surface area contributed by atoms with Crippen LogP contribution in [-0.2, 0) is 11.2 Å². The van der Waals surface area contributed by atoms with E-state index >= 15 is 0 Å². The van der Waals surface area contributed by atoms with E-state index in [9.17, 15) is 4.79 Å². The Morgan fingerprint density at radius 2 is 2.19 bits per heavy atom. The van der Waals surface area contributed by atoms with Crippen molar-refractivity contribution >= 4 is 11.6 Å². The van der Waals surface area contributed by atoms with E-state index < -0.39 is 0 Å². The lowest BCUT2D eigenvalue weighted by molar-refractivity contribution is 0.0538. The number of rotatable bonds is 3. The molecule has 0 radical (unpaired) electrons. The fourth-order valence-corrected chi connectivity index (χ4v) is 3.24. The van der Waals surface area contributed by atoms with Gasteiger partial charge in [-0.15, -0.1) is 0 Å². The summed E-state index contributed by atoms with van der Waals surface area (Å²) in [5, 5.41) is 6.53. The standard InChI is InChI=1S/C17H24N2O2/c1-12(13-6-9-21-10-7-13)19-17(20)15-4-5-16-14(11-15)3-2-8-18-16/h4-5,11-13,18H,2-3,6-10H2,1H3,(H,19,20). The van der Waals surface area contributed by atoms with Gasteiger partial charge in [0.2, 0.25) is 0 Å². The lowest BCUT2D eigenvalue weighted by Crippen LogP contribution is -2.40. The SMILES string of the molecule is CC(NC(=O)c1ccc2c(c1)CCCN2)C1CCOCC1. The van der Waals surface area contributed by atoms with Crippen LogP contribution >= 0.6 is 0 Å². The van der Waals surface area contributed by atoms with Crippen LogP contribution in [0.15, 0.2) is 18.2 Å². The minimum atomic E-state index is 0.0439. The molecule has 114 valence electrons. The molecule has 1 aromatic carbocycles. The summed E-state index contributed by atoms with van der Waals surface area (Å²) < 4.78 is 5.38. The maximum absolute atomic E-state index is 12.4. The summed E-state index contributed by atoms with van der Waals surface area (Å²) >= 11 is 0. The number of anilines is 1. The van der Waals surface area contributed by atoms with Crippen molar-refractivity contribution in [3.8, 4) is 0 Å². The zero-order valence-corrected chi connectivity index (χ0v) is 12.7. The molecule has 1 unspecified atom stereocenters. The molecular formula is C17H24N2O2. The molecule has 1 saturated heterocycles. The fraction of sp³-hybridized carbons (Fsp3) is 0.588. The molecule has 0 bridgehead atoms. The van der Waals surface area contributed by atoms with Gasteiger partial charge >= 0.3 is 0 Å². The number of amides is 1. The highest BCUT2D eigenvalue weighted by Crippen LogP contribution is 2.23. The lowest BCUT2D eigenvalue weighted by atomic mass is 9.92. The molecule has 1 atom stereocenters. The van der Waals surface area contributed by atoms with Gasteiger partial charge in [0.1, 0.15) is 0 Å². The van der Waals surface area contributed by atoms with Crippen molar-refractivity contribution in [2.24, 2.45) is 5.92 Å². The number of carbonyl (C=O) groups is 1. The highest BCUT2D eigenvalue weighted by Gasteiger charge is 2.22. The monoisotopic (exact) mass is 288 g/mol. The van der Waals surface area contributed by atoms with Gasteiger partial charge in [0, 0.05) is 37.1 Å². The number of aryl methyl sites for hydroxylation is 1. The molecule has 1 aromatic rings. The van der Waals surface area contributed by atoms with Crippen molar-refractivity contribution in [3.63, 3.8) is 0 Å². The molecule has 21 heavy (non-hydrogen) atoms. The molecule has 0 saturated carbocycles. The number of carbonyl (C=O) groups excluding carboxylic acids is 1. The summed E-state index contributed by atoms with van der Waals surface area (Å²) in [4.78, 5) is 12.4. The normalized spacial score (nSPS) is 20.2. The summed E-state index contributed by atoms with van der Waals surface area (Å²) in [6, 6.07) is 6.19. The first-order chi connectivity index (χ1) is 10.2. The molecule has 1 fully saturated rings. The van der Waals surface area contributed by atoms with E-state index in [4.69, 9.17) is 4.74 Å². The maximum Gasteiger partial charge on any atom is 0.251 e. The Bertz CT molecular complexity index is 510. The summed E-state index contributed by atoms with van der Waals surface area (Å²) in [5.74, 6) is 0.573. The second kappa shape index (κ2) is 6.48. The summed E-state index contributed by atoms with van der Waals surface area (Å²) in [5.41, 5.74) is 3.21. The van der Waals surface area contributed by atoms with Gasteiger partial charge in [-0.1, -0.05) is 0 Å². The van der Waals surface area contributed by atoms with Gasteiger partial charge in [-0.2, -0.15) is 0 Å². The quantitative estimate of drug-likeness (QED) is 0.899. The fourth-order valence-electron chi connectivity index (χ4n) is 3.24. The molecule has 2 heterocycles. The van der Waals surface area contributed by atoms with Gasteiger partial charge in [0.05, 0.1) is 0 Å². The van der Waals surface area contributed by atoms with Crippen LogP contribution in [0.1, 0.15) is 42.1 Å². The molecule has 4 heteroatoms. The van der Waals surface area contributed by atoms with Gasteiger partial charge < -0.3 is 15.4 Å². The molecule has 0 spiro atoms. The second-order valence-electron chi connectivity index (χ2n) is 6.11. The minimum Gasteiger partial charge on any atom is -0.385 e. The first-order valence-electron chi connectivity index (χ1n) is 7.99. The summed E-state index contributed by atoms with van der Waals surface area (Å²) in [6.07, 6.45) is 4.26. The third kappa shape index (κ3) is 3.38. The van der Waals surface area contributed by atoms with E-state index in [-0.39, 0.29) is 11.9 Å². The lowest BCUT2D eigenvalue weighted by Gasteiger charge is -2.28. The van der Waals surface area contributed by atoms with Gasteiger partial charge in [-0.05, 0) is 62.3 Å². The molecule has 2 N–H and O–H groups in total. The number of nitrogens with one attached hydrogen (secondary N) is 2. The van der Waals surface area contributed by atoms with Crippen LogP contribution in [0.5, 0.6) is 0 Å². The number of hydrogen-bond donors (Lipinski definition) is 2. The van der Waals surface area contributed by atoms with Crippen LogP contribution in [0.25, 0.3) is 0 Å². The van der Waals surface area contributed by atoms with Crippen molar-refractivity contribution in [2.45, 2.75) is 38.6 Å². The van der Waals surface area contributed by atoms with Crippen LogP contribution in [-0.4, -0.2) is 31.7 Å². The summed E-state index contributed by atoms with van der Waals surface area (Å²) in [7, 11) is 0. The molecule has 0 aromatic heterocycles. The first kappa shape index (κ1) is 14.4. The Labute approximate surface area is 126 Å². The van der Waals surface area contributed by atoms with E-state index in [1.54, 1.807) is 0 Å². The van der Waals surface area contributed by atoms with Crippen LogP contribution in [0.2, 0.25) is 0 Å². The van der Waals surface area contributed by atoms with E-state index in [1.165, 1.54) is 11.3 Å². The van der Waals surface area contributed by atoms with Crippen molar-refractivity contribution in [1.82, 2.24) is 5.32 Å². The van der Waals surface area contributed by atoms with Crippen molar-refractivity contribution in [2.75, 3.05) is 25.1 Å². The minimum absolute atomic E-state index is 0.0439. The predicted molar refractivity (Wildman–Crippen MR) is 83.7 cm³/mol. The molecule has 2 aliphatic heterocycles. The van der Waals surface area contributed by atoms with E-state index in [1.807, 2.05) is 18.2 Å². The Morgan fingerprint density at radius 3 is 3.00 bits per heavy atom. The Kier molecular flexibility index (Phi) is 4.44. The first-order valence-corrected chi connectivity index (χ1v) is 7.99. The predicted octanol–water partition coefficient (Wildman–Crippen LogP) is 2.59. The highest BCUT2D eigenvalue weighted by atomic mass is 16.5. The molecule has 4 nitrogen and oxygen atoms in total. The number of ether oxygens (including phenoxy) is 1. The average molecular weight is 288 g/mol. The number of hydrogen-bond acceptors (Lipinski definition) is 3.